The average molecular weight is 1270 g/mol. The van der Waals surface area contributed by atoms with Crippen LogP contribution < -0.4 is 0 Å². The summed E-state index contributed by atoms with van der Waals surface area (Å²) in [5, 5.41) is 10.5. The van der Waals surface area contributed by atoms with E-state index in [9.17, 15) is 43.2 Å². The first-order valence-electron chi connectivity index (χ1n) is 35.1. The van der Waals surface area contributed by atoms with Gasteiger partial charge in [-0.2, -0.15) is 0 Å². The Morgan fingerprint density at radius 3 is 0.791 bits per heavy atom. The molecule has 0 aliphatic rings. The molecule has 0 radical (unpaired) electrons. The Labute approximate surface area is 524 Å². The minimum atomic E-state index is -4.95. The molecular formula is C67H130O17P2. The average Bonchev–Trinajstić information content (AvgIpc) is 3.61. The fourth-order valence-electron chi connectivity index (χ4n) is 10.1. The van der Waals surface area contributed by atoms with E-state index in [-0.39, 0.29) is 25.7 Å². The van der Waals surface area contributed by atoms with E-state index in [1.54, 1.807) is 0 Å². The number of aliphatic hydroxyl groups excluding tert-OH is 1. The number of aliphatic hydroxyl groups is 1. The van der Waals surface area contributed by atoms with E-state index in [1.165, 1.54) is 148 Å². The van der Waals surface area contributed by atoms with Crippen LogP contribution in [0.3, 0.4) is 0 Å². The maximum absolute atomic E-state index is 13.0. The van der Waals surface area contributed by atoms with E-state index in [0.717, 1.165) is 115 Å². The molecule has 0 aliphatic heterocycles. The van der Waals surface area contributed by atoms with E-state index in [2.05, 4.69) is 34.6 Å². The van der Waals surface area contributed by atoms with E-state index < -0.39 is 97.5 Å². The molecule has 0 spiro atoms. The van der Waals surface area contributed by atoms with Gasteiger partial charge in [0.05, 0.1) is 26.4 Å². The molecule has 0 aromatic rings. The first-order valence-corrected chi connectivity index (χ1v) is 38.1. The lowest BCUT2D eigenvalue weighted by molar-refractivity contribution is -0.161. The molecule has 17 nitrogen and oxygen atoms in total. The highest BCUT2D eigenvalue weighted by atomic mass is 31.2. The number of esters is 4. The van der Waals surface area contributed by atoms with E-state index in [1.807, 2.05) is 0 Å². The van der Waals surface area contributed by atoms with Crippen molar-refractivity contribution in [2.24, 2.45) is 5.92 Å². The van der Waals surface area contributed by atoms with Gasteiger partial charge < -0.3 is 33.8 Å². The van der Waals surface area contributed by atoms with Crippen molar-refractivity contribution in [3.63, 3.8) is 0 Å². The largest absolute Gasteiger partial charge is 0.472 e. The SMILES string of the molecule is CCCCCCCCCCCCCCCC(=O)OC[C@H](COP(=O)(O)OC[C@@H](O)COP(=O)(O)OC[C@@H](COC(=O)CCCCCCCCC)OC(=O)CCCCCCCCCC)OC(=O)CCCCCCCCCCCCCCCCCC(C)C. The van der Waals surface area contributed by atoms with Gasteiger partial charge in [-0.05, 0) is 31.6 Å². The summed E-state index contributed by atoms with van der Waals surface area (Å²) < 4.78 is 68.0. The molecule has 0 fully saturated rings. The van der Waals surface area contributed by atoms with Gasteiger partial charge in [0, 0.05) is 25.7 Å². The number of carbonyl (C=O) groups excluding carboxylic acids is 4. The molecule has 0 heterocycles. The van der Waals surface area contributed by atoms with E-state index in [0.29, 0.717) is 25.7 Å². The molecule has 0 rings (SSSR count). The molecule has 3 N–H and O–H groups in total. The summed E-state index contributed by atoms with van der Waals surface area (Å²) in [4.78, 5) is 72.2. The Balaban J connectivity index is 5.16. The van der Waals surface area contributed by atoms with E-state index >= 15 is 0 Å². The molecule has 86 heavy (non-hydrogen) atoms. The van der Waals surface area contributed by atoms with Crippen LogP contribution in [0.2, 0.25) is 0 Å². The minimum absolute atomic E-state index is 0.105. The van der Waals surface area contributed by atoms with Gasteiger partial charge in [-0.1, -0.05) is 291 Å². The maximum atomic E-state index is 13.0. The number of hydrogen-bond acceptors (Lipinski definition) is 15. The molecule has 0 aromatic heterocycles. The second-order valence-corrected chi connectivity index (χ2v) is 27.6. The highest BCUT2D eigenvalue weighted by Crippen LogP contribution is 2.45. The van der Waals surface area contributed by atoms with Crippen LogP contribution in [0.5, 0.6) is 0 Å². The van der Waals surface area contributed by atoms with Crippen molar-refractivity contribution >= 4 is 39.5 Å². The topological polar surface area (TPSA) is 237 Å². The molecule has 0 bridgehead atoms. The predicted molar refractivity (Wildman–Crippen MR) is 345 cm³/mol. The fraction of sp³-hybridized carbons (Fsp3) is 0.940. The Kier molecular flexibility index (Phi) is 59.2. The summed E-state index contributed by atoms with van der Waals surface area (Å²) >= 11 is 0. The second kappa shape index (κ2) is 60.6. The summed E-state index contributed by atoms with van der Waals surface area (Å²) in [6, 6.07) is 0. The Hall–Kier alpha value is -1.94. The van der Waals surface area contributed by atoms with E-state index in [4.69, 9.17) is 37.0 Å². The van der Waals surface area contributed by atoms with Crippen molar-refractivity contribution in [2.45, 2.75) is 361 Å². The summed E-state index contributed by atoms with van der Waals surface area (Å²) in [5.41, 5.74) is 0. The predicted octanol–water partition coefficient (Wildman–Crippen LogP) is 19.0. The molecule has 5 atom stereocenters. The molecule has 19 heteroatoms. The lowest BCUT2D eigenvalue weighted by Crippen LogP contribution is -2.30. The summed E-state index contributed by atoms with van der Waals surface area (Å²) in [5.74, 6) is -1.33. The third-order valence-electron chi connectivity index (χ3n) is 15.5. The smallest absolute Gasteiger partial charge is 0.462 e. The molecule has 0 amide bonds. The Bertz CT molecular complexity index is 1670. The number of phosphoric acid groups is 2. The summed E-state index contributed by atoms with van der Waals surface area (Å²) in [6.07, 6.45) is 46.0. The molecule has 510 valence electrons. The summed E-state index contributed by atoms with van der Waals surface area (Å²) in [6.45, 7) is 7.18. The van der Waals surface area contributed by atoms with Crippen LogP contribution in [0.4, 0.5) is 0 Å². The molecule has 0 saturated carbocycles. The van der Waals surface area contributed by atoms with Crippen LogP contribution in [0.15, 0.2) is 0 Å². The zero-order chi connectivity index (χ0) is 63.5. The first-order chi connectivity index (χ1) is 41.5. The second-order valence-electron chi connectivity index (χ2n) is 24.7. The normalized spacial score (nSPS) is 14.2. The van der Waals surface area contributed by atoms with Gasteiger partial charge in [0.2, 0.25) is 0 Å². The highest BCUT2D eigenvalue weighted by molar-refractivity contribution is 7.47. The molecular weight excluding hydrogens is 1140 g/mol. The summed E-state index contributed by atoms with van der Waals surface area (Å²) in [7, 11) is -9.88. The van der Waals surface area contributed by atoms with Crippen LogP contribution in [-0.2, 0) is 65.4 Å². The van der Waals surface area contributed by atoms with Gasteiger partial charge in [-0.25, -0.2) is 9.13 Å². The van der Waals surface area contributed by atoms with Crippen molar-refractivity contribution in [2.75, 3.05) is 39.6 Å². The highest BCUT2D eigenvalue weighted by Gasteiger charge is 2.30. The molecule has 2 unspecified atom stereocenters. The molecule has 0 aliphatic carbocycles. The molecule has 0 saturated heterocycles. The maximum Gasteiger partial charge on any atom is 0.472 e. The standard InChI is InChI=1S/C67H130O17P2/c1-6-9-12-15-18-20-21-25-29-32-37-41-46-51-65(70)78-57-63(84-67(72)53-48-43-38-33-30-27-24-22-23-26-28-31-35-39-44-49-60(4)5)59-82-86(75,76)80-55-61(68)54-79-85(73,74)81-58-62(56-77-64(69)50-45-40-34-17-14-11-8-3)83-66(71)52-47-42-36-19-16-13-10-7-2/h60-63,68H,6-59H2,1-5H3,(H,73,74)(H,75,76)/t61-,62+,63+/m0/s1. The zero-order valence-corrected chi connectivity index (χ0v) is 57.2. The van der Waals surface area contributed by atoms with Crippen molar-refractivity contribution in [1.29, 1.82) is 0 Å². The van der Waals surface area contributed by atoms with Gasteiger partial charge in [0.15, 0.2) is 12.2 Å². The fourth-order valence-corrected chi connectivity index (χ4v) is 11.7. The quantitative estimate of drug-likeness (QED) is 0.0222. The van der Waals surface area contributed by atoms with Crippen molar-refractivity contribution < 1.29 is 80.2 Å². The van der Waals surface area contributed by atoms with Gasteiger partial charge in [-0.15, -0.1) is 0 Å². The van der Waals surface area contributed by atoms with Gasteiger partial charge in [-0.3, -0.25) is 37.3 Å². The third-order valence-corrected chi connectivity index (χ3v) is 17.4. The number of phosphoric ester groups is 2. The third kappa shape index (κ3) is 60.9. The number of hydrogen-bond donors (Lipinski definition) is 3. The van der Waals surface area contributed by atoms with Crippen LogP contribution >= 0.6 is 15.6 Å². The van der Waals surface area contributed by atoms with Crippen molar-refractivity contribution in [1.82, 2.24) is 0 Å². The zero-order valence-electron chi connectivity index (χ0n) is 55.4. The van der Waals surface area contributed by atoms with Crippen molar-refractivity contribution in [3.05, 3.63) is 0 Å². The van der Waals surface area contributed by atoms with Gasteiger partial charge in [0.1, 0.15) is 19.3 Å². The Morgan fingerprint density at radius 2 is 0.535 bits per heavy atom. The minimum Gasteiger partial charge on any atom is -0.462 e. The number of rotatable bonds is 67. The monoisotopic (exact) mass is 1270 g/mol. The first kappa shape index (κ1) is 84.1. The van der Waals surface area contributed by atoms with Crippen LogP contribution in [0.1, 0.15) is 343 Å². The lowest BCUT2D eigenvalue weighted by Gasteiger charge is -2.21. The number of carbonyl (C=O) groups is 4. The van der Waals surface area contributed by atoms with Crippen LogP contribution in [0.25, 0.3) is 0 Å². The van der Waals surface area contributed by atoms with Gasteiger partial charge in [0.25, 0.3) is 0 Å². The molecule has 0 aromatic carbocycles. The van der Waals surface area contributed by atoms with Gasteiger partial charge >= 0.3 is 39.5 Å². The Morgan fingerprint density at radius 1 is 0.314 bits per heavy atom. The number of unbranched alkanes of at least 4 members (excludes halogenated alkanes) is 39. The number of ether oxygens (including phenoxy) is 4. The lowest BCUT2D eigenvalue weighted by atomic mass is 10.0. The van der Waals surface area contributed by atoms with Crippen LogP contribution in [0, 0.1) is 5.92 Å². The van der Waals surface area contributed by atoms with Crippen molar-refractivity contribution in [3.8, 4) is 0 Å². The van der Waals surface area contributed by atoms with Crippen LogP contribution in [-0.4, -0.2) is 96.7 Å².